The highest BCUT2D eigenvalue weighted by Crippen LogP contribution is 2.10. The minimum absolute atomic E-state index is 0.0552. The fourth-order valence-electron chi connectivity index (χ4n) is 2.88. The van der Waals surface area contributed by atoms with Crippen molar-refractivity contribution in [2.45, 2.75) is 20.0 Å². The lowest BCUT2D eigenvalue weighted by Crippen LogP contribution is -2.26. The van der Waals surface area contributed by atoms with E-state index in [1.165, 1.54) is 30.7 Å². The van der Waals surface area contributed by atoms with Crippen LogP contribution < -0.4 is 11.0 Å². The van der Waals surface area contributed by atoms with Crippen molar-refractivity contribution in [2.24, 2.45) is 0 Å². The molecular weight excluding hydrogens is 410 g/mol. The van der Waals surface area contributed by atoms with E-state index in [0.29, 0.717) is 17.0 Å². The number of hydrogen-bond acceptors (Lipinski definition) is 6. The minimum Gasteiger partial charge on any atom is -0.361 e. The van der Waals surface area contributed by atoms with Gasteiger partial charge >= 0.3 is 5.69 Å². The van der Waals surface area contributed by atoms with E-state index >= 15 is 0 Å². The van der Waals surface area contributed by atoms with Crippen molar-refractivity contribution in [2.75, 3.05) is 0 Å². The predicted octanol–water partition coefficient (Wildman–Crippen LogP) is 1.98. The zero-order valence-electron chi connectivity index (χ0n) is 16.2. The molecule has 4 rings (SSSR count). The maximum Gasteiger partial charge on any atom is 0.351 e. The SMILES string of the molecule is Cc1cc(CNC(=O)c2ccnc(-n3cnn(Cc4ccc(F)c(F)c4)c3=O)c2)no1. The first kappa shape index (κ1) is 20.1. The summed E-state index contributed by atoms with van der Waals surface area (Å²) in [7, 11) is 0. The molecule has 0 bridgehead atoms. The van der Waals surface area contributed by atoms with Gasteiger partial charge in [-0.25, -0.2) is 27.8 Å². The molecule has 0 saturated carbocycles. The van der Waals surface area contributed by atoms with Gasteiger partial charge in [-0.15, -0.1) is 0 Å². The number of rotatable bonds is 6. The molecular formula is C20H16F2N6O3. The Morgan fingerprint density at radius 3 is 2.74 bits per heavy atom. The van der Waals surface area contributed by atoms with Crippen LogP contribution in [0.4, 0.5) is 8.78 Å². The Hall–Kier alpha value is -4.15. The number of benzene rings is 1. The second-order valence-corrected chi connectivity index (χ2v) is 6.70. The van der Waals surface area contributed by atoms with Crippen molar-refractivity contribution in [1.29, 1.82) is 0 Å². The first-order valence-electron chi connectivity index (χ1n) is 9.16. The Balaban J connectivity index is 1.51. The number of halogens is 2. The van der Waals surface area contributed by atoms with E-state index in [-0.39, 0.29) is 30.4 Å². The minimum atomic E-state index is -1.01. The van der Waals surface area contributed by atoms with Crippen molar-refractivity contribution in [3.8, 4) is 5.82 Å². The highest BCUT2D eigenvalue weighted by Gasteiger charge is 2.13. The second kappa shape index (κ2) is 8.30. The van der Waals surface area contributed by atoms with Crippen LogP contribution in [0.25, 0.3) is 5.82 Å². The van der Waals surface area contributed by atoms with E-state index in [1.54, 1.807) is 13.0 Å². The van der Waals surface area contributed by atoms with E-state index < -0.39 is 17.3 Å². The molecule has 0 atom stereocenters. The first-order chi connectivity index (χ1) is 14.9. The third-order valence-corrected chi connectivity index (χ3v) is 4.41. The summed E-state index contributed by atoms with van der Waals surface area (Å²) in [5.41, 5.74) is 0.684. The van der Waals surface area contributed by atoms with E-state index in [2.05, 4.69) is 20.6 Å². The third-order valence-electron chi connectivity index (χ3n) is 4.41. The van der Waals surface area contributed by atoms with Gasteiger partial charge < -0.3 is 9.84 Å². The number of nitrogens with zero attached hydrogens (tertiary/aromatic N) is 5. The molecule has 11 heteroatoms. The van der Waals surface area contributed by atoms with Gasteiger partial charge in [0, 0.05) is 17.8 Å². The standard InChI is InChI=1S/C20H16F2N6O3/c1-12-6-15(26-31-12)9-24-19(29)14-4-5-23-18(8-14)27-11-25-28(20(27)30)10-13-2-3-16(21)17(22)7-13/h2-8,11H,9-10H2,1H3,(H,24,29). The molecule has 31 heavy (non-hydrogen) atoms. The number of carbonyl (C=O) groups is 1. The maximum atomic E-state index is 13.4. The number of nitrogens with one attached hydrogen (secondary N) is 1. The van der Waals surface area contributed by atoms with E-state index in [9.17, 15) is 18.4 Å². The third kappa shape index (κ3) is 4.39. The van der Waals surface area contributed by atoms with Gasteiger partial charge in [0.2, 0.25) is 0 Å². The second-order valence-electron chi connectivity index (χ2n) is 6.70. The Morgan fingerprint density at radius 2 is 2.00 bits per heavy atom. The van der Waals surface area contributed by atoms with Crippen molar-refractivity contribution < 1.29 is 18.1 Å². The van der Waals surface area contributed by atoms with Crippen molar-refractivity contribution in [1.82, 2.24) is 29.8 Å². The fourth-order valence-corrected chi connectivity index (χ4v) is 2.88. The molecule has 0 aliphatic carbocycles. The lowest BCUT2D eigenvalue weighted by Gasteiger charge is -2.05. The normalized spacial score (nSPS) is 10.9. The van der Waals surface area contributed by atoms with Crippen LogP contribution in [-0.4, -0.2) is 30.4 Å². The lowest BCUT2D eigenvalue weighted by molar-refractivity contribution is 0.0950. The monoisotopic (exact) mass is 426 g/mol. The van der Waals surface area contributed by atoms with Crippen LogP contribution in [0.2, 0.25) is 0 Å². The molecule has 158 valence electrons. The van der Waals surface area contributed by atoms with E-state index in [1.807, 2.05) is 0 Å². The largest absolute Gasteiger partial charge is 0.361 e. The lowest BCUT2D eigenvalue weighted by atomic mass is 10.2. The molecule has 3 aromatic heterocycles. The van der Waals surface area contributed by atoms with Crippen LogP contribution >= 0.6 is 0 Å². The topological polar surface area (TPSA) is 108 Å². The van der Waals surface area contributed by atoms with Crippen LogP contribution in [-0.2, 0) is 13.1 Å². The molecule has 3 heterocycles. The highest BCUT2D eigenvalue weighted by atomic mass is 19.2. The number of aromatic nitrogens is 5. The Kier molecular flexibility index (Phi) is 5.39. The van der Waals surface area contributed by atoms with E-state index in [0.717, 1.165) is 21.4 Å². The van der Waals surface area contributed by atoms with Gasteiger partial charge in [0.25, 0.3) is 5.91 Å². The number of amides is 1. The highest BCUT2D eigenvalue weighted by molar-refractivity contribution is 5.94. The zero-order valence-corrected chi connectivity index (χ0v) is 16.2. The molecule has 0 unspecified atom stereocenters. The molecule has 0 fully saturated rings. The summed E-state index contributed by atoms with van der Waals surface area (Å²) < 4.78 is 33.7. The molecule has 0 spiro atoms. The predicted molar refractivity (Wildman–Crippen MR) is 103 cm³/mol. The Bertz CT molecular complexity index is 1310. The summed E-state index contributed by atoms with van der Waals surface area (Å²) in [4.78, 5) is 29.2. The molecule has 0 radical (unpaired) electrons. The molecule has 0 aliphatic rings. The van der Waals surface area contributed by atoms with Gasteiger partial charge in [-0.05, 0) is 36.8 Å². The number of hydrogen-bond donors (Lipinski definition) is 1. The average Bonchev–Trinajstić information content (AvgIpc) is 3.34. The van der Waals surface area contributed by atoms with Crippen LogP contribution in [0.5, 0.6) is 0 Å². The maximum absolute atomic E-state index is 13.4. The molecule has 0 aliphatic heterocycles. The molecule has 1 N–H and O–H groups in total. The summed E-state index contributed by atoms with van der Waals surface area (Å²) in [6.45, 7) is 1.87. The van der Waals surface area contributed by atoms with Gasteiger partial charge in [0.1, 0.15) is 23.6 Å². The number of aryl methyl sites for hydroxylation is 1. The van der Waals surface area contributed by atoms with Crippen LogP contribution in [0.1, 0.15) is 27.4 Å². The van der Waals surface area contributed by atoms with Crippen molar-refractivity contribution >= 4 is 5.91 Å². The summed E-state index contributed by atoms with van der Waals surface area (Å²) >= 11 is 0. The molecule has 1 amide bonds. The van der Waals surface area contributed by atoms with Gasteiger partial charge in [-0.3, -0.25) is 4.79 Å². The van der Waals surface area contributed by atoms with Crippen LogP contribution in [0.3, 0.4) is 0 Å². The number of pyridine rings is 1. The van der Waals surface area contributed by atoms with Crippen molar-refractivity contribution in [3.05, 3.63) is 93.6 Å². The quantitative estimate of drug-likeness (QED) is 0.505. The van der Waals surface area contributed by atoms with Gasteiger partial charge in [0.15, 0.2) is 11.6 Å². The van der Waals surface area contributed by atoms with Gasteiger partial charge in [-0.1, -0.05) is 11.2 Å². The number of carbonyl (C=O) groups excluding carboxylic acids is 1. The molecule has 0 saturated heterocycles. The Morgan fingerprint density at radius 1 is 1.16 bits per heavy atom. The van der Waals surface area contributed by atoms with Gasteiger partial charge in [0.05, 0.1) is 13.1 Å². The summed E-state index contributed by atoms with van der Waals surface area (Å²) in [6.07, 6.45) is 2.63. The smallest absolute Gasteiger partial charge is 0.351 e. The summed E-state index contributed by atoms with van der Waals surface area (Å²) in [5, 5.41) is 10.5. The fraction of sp³-hybridized carbons (Fsp3) is 0.150. The Labute approximate surface area is 173 Å². The van der Waals surface area contributed by atoms with Crippen LogP contribution in [0.15, 0.2) is 58.2 Å². The van der Waals surface area contributed by atoms with Crippen molar-refractivity contribution in [3.63, 3.8) is 0 Å². The molecule has 9 nitrogen and oxygen atoms in total. The molecule has 4 aromatic rings. The molecule has 1 aromatic carbocycles. The van der Waals surface area contributed by atoms with Crippen LogP contribution in [0, 0.1) is 18.6 Å². The van der Waals surface area contributed by atoms with E-state index in [4.69, 9.17) is 4.52 Å². The summed E-state index contributed by atoms with van der Waals surface area (Å²) in [6, 6.07) is 8.00. The first-order valence-corrected chi connectivity index (χ1v) is 9.16. The zero-order chi connectivity index (χ0) is 22.0. The summed E-state index contributed by atoms with van der Waals surface area (Å²) in [5.74, 6) is -1.54. The average molecular weight is 426 g/mol. The van der Waals surface area contributed by atoms with Gasteiger partial charge in [-0.2, -0.15) is 5.10 Å².